The molecule has 0 unspecified atom stereocenters. The molecule has 2 heterocycles. The van der Waals surface area contributed by atoms with E-state index in [0.29, 0.717) is 13.1 Å². The van der Waals surface area contributed by atoms with Gasteiger partial charge in [0.15, 0.2) is 0 Å². The van der Waals surface area contributed by atoms with E-state index in [1.165, 1.54) is 5.69 Å². The van der Waals surface area contributed by atoms with Crippen molar-refractivity contribution in [3.63, 3.8) is 0 Å². The van der Waals surface area contributed by atoms with Gasteiger partial charge in [-0.25, -0.2) is 0 Å². The minimum absolute atomic E-state index is 0.217. The van der Waals surface area contributed by atoms with Crippen LogP contribution in [0.5, 0.6) is 0 Å². The van der Waals surface area contributed by atoms with E-state index in [-0.39, 0.29) is 5.91 Å². The predicted molar refractivity (Wildman–Crippen MR) is 74.3 cm³/mol. The summed E-state index contributed by atoms with van der Waals surface area (Å²) < 4.78 is 0. The number of aromatic amines is 1. The number of aryl methyl sites for hydroxylation is 1. The first-order chi connectivity index (χ1) is 9.11. The van der Waals surface area contributed by atoms with Crippen LogP contribution in [0.25, 0.3) is 10.9 Å². The first kappa shape index (κ1) is 12.5. The maximum Gasteiger partial charge on any atom is 0.248 e. The van der Waals surface area contributed by atoms with Crippen molar-refractivity contribution in [3.8, 4) is 0 Å². The zero-order valence-electron chi connectivity index (χ0n) is 10.7. The summed E-state index contributed by atoms with van der Waals surface area (Å²) in [6.07, 6.45) is 0.785. The molecule has 1 aliphatic rings. The third-order valence-corrected chi connectivity index (χ3v) is 4.24. The van der Waals surface area contributed by atoms with E-state index in [9.17, 15) is 4.79 Å². The van der Waals surface area contributed by atoms with Crippen LogP contribution in [0, 0.1) is 6.92 Å². The molecule has 2 N–H and O–H groups in total. The Morgan fingerprint density at radius 3 is 3.05 bits per heavy atom. The van der Waals surface area contributed by atoms with Crippen LogP contribution >= 0.6 is 11.6 Å². The van der Waals surface area contributed by atoms with Gasteiger partial charge in [0.1, 0.15) is 6.61 Å². The summed E-state index contributed by atoms with van der Waals surface area (Å²) in [6, 6.07) is 3.88. The number of nitrogens with zero attached hydrogens (tertiary/aromatic N) is 1. The van der Waals surface area contributed by atoms with Gasteiger partial charge < -0.3 is 15.0 Å². The maximum absolute atomic E-state index is 11.6. The van der Waals surface area contributed by atoms with Crippen molar-refractivity contribution in [2.75, 3.05) is 13.2 Å². The van der Waals surface area contributed by atoms with E-state index in [4.69, 9.17) is 16.7 Å². The number of benzene rings is 1. The number of carbonyl (C=O) groups excluding carboxylic acids is 1. The molecule has 5 heteroatoms. The van der Waals surface area contributed by atoms with Gasteiger partial charge in [-0.2, -0.15) is 0 Å². The zero-order valence-corrected chi connectivity index (χ0v) is 11.4. The van der Waals surface area contributed by atoms with Gasteiger partial charge in [-0.1, -0.05) is 17.7 Å². The molecule has 19 heavy (non-hydrogen) atoms. The van der Waals surface area contributed by atoms with Crippen LogP contribution in [-0.4, -0.2) is 34.0 Å². The Morgan fingerprint density at radius 1 is 1.53 bits per heavy atom. The van der Waals surface area contributed by atoms with Crippen LogP contribution in [-0.2, 0) is 17.8 Å². The number of nitrogens with one attached hydrogen (secondary N) is 1. The third-order valence-electron chi connectivity index (χ3n) is 3.83. The molecule has 1 aliphatic heterocycles. The quantitative estimate of drug-likeness (QED) is 0.838. The summed E-state index contributed by atoms with van der Waals surface area (Å²) in [5.41, 5.74) is 4.40. The number of H-pyrrole nitrogens is 1. The summed E-state index contributed by atoms with van der Waals surface area (Å²) >= 11 is 6.14. The molecule has 0 radical (unpaired) electrons. The van der Waals surface area contributed by atoms with Gasteiger partial charge in [0.05, 0.1) is 5.52 Å². The minimum atomic E-state index is -0.428. The number of aromatic nitrogens is 1. The van der Waals surface area contributed by atoms with Gasteiger partial charge in [0.2, 0.25) is 5.91 Å². The molecule has 0 bridgehead atoms. The Morgan fingerprint density at radius 2 is 2.32 bits per heavy atom. The standard InChI is InChI=1S/C14H15ClN2O2/c1-8-11(15)3-2-9-10-6-17(13(19)7-18)5-4-12(10)16-14(8)9/h2-3,16,18H,4-7H2,1H3. The molecule has 1 aromatic carbocycles. The second kappa shape index (κ2) is 4.54. The summed E-state index contributed by atoms with van der Waals surface area (Å²) in [5.74, 6) is -0.217. The second-order valence-electron chi connectivity index (χ2n) is 4.90. The van der Waals surface area contributed by atoms with Crippen molar-refractivity contribution in [3.05, 3.63) is 34.0 Å². The van der Waals surface area contributed by atoms with Crippen molar-refractivity contribution in [2.45, 2.75) is 19.9 Å². The van der Waals surface area contributed by atoms with Gasteiger partial charge in [0.25, 0.3) is 0 Å². The van der Waals surface area contributed by atoms with Crippen LogP contribution < -0.4 is 0 Å². The monoisotopic (exact) mass is 278 g/mol. The molecule has 1 amide bonds. The lowest BCUT2D eigenvalue weighted by atomic mass is 10.0. The second-order valence-corrected chi connectivity index (χ2v) is 5.31. The minimum Gasteiger partial charge on any atom is -0.387 e. The van der Waals surface area contributed by atoms with Gasteiger partial charge in [0, 0.05) is 41.2 Å². The molecule has 0 saturated carbocycles. The number of hydrogen-bond acceptors (Lipinski definition) is 2. The molecule has 4 nitrogen and oxygen atoms in total. The molecule has 0 aliphatic carbocycles. The first-order valence-corrected chi connectivity index (χ1v) is 6.66. The summed E-state index contributed by atoms with van der Waals surface area (Å²) in [6.45, 7) is 2.76. The SMILES string of the molecule is Cc1c(Cl)ccc2c3c([nH]c12)CCN(C(=O)CO)C3. The Hall–Kier alpha value is -1.52. The average molecular weight is 279 g/mol. The van der Waals surface area contributed by atoms with E-state index >= 15 is 0 Å². The lowest BCUT2D eigenvalue weighted by Gasteiger charge is -2.26. The van der Waals surface area contributed by atoms with Crippen molar-refractivity contribution >= 4 is 28.4 Å². The molecule has 0 spiro atoms. The highest BCUT2D eigenvalue weighted by molar-refractivity contribution is 6.32. The van der Waals surface area contributed by atoms with Crippen molar-refractivity contribution < 1.29 is 9.90 Å². The Kier molecular flexibility index (Phi) is 2.99. The molecule has 0 atom stereocenters. The molecule has 3 rings (SSSR count). The average Bonchev–Trinajstić information content (AvgIpc) is 2.80. The number of amides is 1. The Bertz CT molecular complexity index is 663. The van der Waals surface area contributed by atoms with Gasteiger partial charge in [-0.05, 0) is 18.6 Å². The van der Waals surface area contributed by atoms with Crippen LogP contribution in [0.4, 0.5) is 0 Å². The Labute approximate surface area is 116 Å². The van der Waals surface area contributed by atoms with E-state index in [1.807, 2.05) is 19.1 Å². The Balaban J connectivity index is 2.09. The van der Waals surface area contributed by atoms with Crippen LogP contribution in [0.3, 0.4) is 0 Å². The number of hydrogen-bond donors (Lipinski definition) is 2. The number of halogens is 1. The van der Waals surface area contributed by atoms with E-state index < -0.39 is 6.61 Å². The predicted octanol–water partition coefficient (Wildman–Crippen LogP) is 2.01. The molecular weight excluding hydrogens is 264 g/mol. The van der Waals surface area contributed by atoms with E-state index in [1.54, 1.807) is 4.90 Å². The largest absolute Gasteiger partial charge is 0.387 e. The number of fused-ring (bicyclic) bond motifs is 3. The molecule has 2 aromatic rings. The number of carbonyl (C=O) groups is 1. The summed E-state index contributed by atoms with van der Waals surface area (Å²) in [4.78, 5) is 16.7. The number of aliphatic hydroxyl groups excluding tert-OH is 1. The van der Waals surface area contributed by atoms with E-state index in [0.717, 1.165) is 33.5 Å². The fraction of sp³-hybridized carbons (Fsp3) is 0.357. The molecule has 0 saturated heterocycles. The van der Waals surface area contributed by atoms with Crippen molar-refractivity contribution in [2.24, 2.45) is 0 Å². The van der Waals surface area contributed by atoms with Crippen LogP contribution in [0.2, 0.25) is 5.02 Å². The molecular formula is C14H15ClN2O2. The fourth-order valence-corrected chi connectivity index (χ4v) is 2.87. The molecule has 100 valence electrons. The van der Waals surface area contributed by atoms with E-state index in [2.05, 4.69) is 4.98 Å². The zero-order chi connectivity index (χ0) is 13.6. The third kappa shape index (κ3) is 1.91. The summed E-state index contributed by atoms with van der Waals surface area (Å²) in [5, 5.41) is 10.8. The lowest BCUT2D eigenvalue weighted by molar-refractivity contribution is -0.135. The summed E-state index contributed by atoms with van der Waals surface area (Å²) in [7, 11) is 0. The smallest absolute Gasteiger partial charge is 0.248 e. The van der Waals surface area contributed by atoms with Gasteiger partial charge >= 0.3 is 0 Å². The number of rotatable bonds is 1. The van der Waals surface area contributed by atoms with Gasteiger partial charge in [-0.3, -0.25) is 4.79 Å². The van der Waals surface area contributed by atoms with Crippen molar-refractivity contribution in [1.29, 1.82) is 0 Å². The highest BCUT2D eigenvalue weighted by Gasteiger charge is 2.24. The molecule has 0 fully saturated rings. The maximum atomic E-state index is 11.6. The highest BCUT2D eigenvalue weighted by Crippen LogP contribution is 2.32. The number of aliphatic hydroxyl groups is 1. The lowest BCUT2D eigenvalue weighted by Crippen LogP contribution is -2.37. The molecule has 1 aromatic heterocycles. The normalized spacial score (nSPS) is 14.8. The highest BCUT2D eigenvalue weighted by atomic mass is 35.5. The topological polar surface area (TPSA) is 56.3 Å². The van der Waals surface area contributed by atoms with Crippen LogP contribution in [0.1, 0.15) is 16.8 Å². The van der Waals surface area contributed by atoms with Crippen molar-refractivity contribution in [1.82, 2.24) is 9.88 Å². The van der Waals surface area contributed by atoms with Crippen LogP contribution in [0.15, 0.2) is 12.1 Å². The first-order valence-electron chi connectivity index (χ1n) is 6.29. The fourth-order valence-electron chi connectivity index (χ4n) is 2.71. The van der Waals surface area contributed by atoms with Gasteiger partial charge in [-0.15, -0.1) is 0 Å².